The molecule has 3 nitrogen and oxygen atoms in total. The molecule has 0 amide bonds. The number of fused-ring (bicyclic) bond motifs is 7. The molecule has 2 aliphatic heterocycles. The molecule has 0 saturated carbocycles. The predicted octanol–water partition coefficient (Wildman–Crippen LogP) is 30.5. The number of anilines is 6. The summed E-state index contributed by atoms with van der Waals surface area (Å²) < 4.78 is 2.65. The fraction of sp³-hybridized carbons (Fsp3) is 0.316. The Morgan fingerprint density at radius 2 is 0.568 bits per heavy atom. The zero-order chi connectivity index (χ0) is 84.4. The van der Waals surface area contributed by atoms with Gasteiger partial charge in [-0.2, -0.15) is 0 Å². The first-order valence-electron chi connectivity index (χ1n) is 43.3. The fourth-order valence-corrected chi connectivity index (χ4v) is 18.5. The van der Waals surface area contributed by atoms with E-state index in [0.29, 0.717) is 0 Å². The van der Waals surface area contributed by atoms with Crippen molar-refractivity contribution in [3.8, 4) is 72.4 Å². The van der Waals surface area contributed by atoms with Gasteiger partial charge < -0.3 is 14.4 Å². The van der Waals surface area contributed by atoms with Crippen LogP contribution in [0.25, 0.3) is 94.3 Å². The number of aromatic nitrogens is 1. The highest BCUT2D eigenvalue weighted by molar-refractivity contribution is 7.00. The van der Waals surface area contributed by atoms with Crippen molar-refractivity contribution in [3.63, 3.8) is 0 Å². The summed E-state index contributed by atoms with van der Waals surface area (Å²) in [5.74, 6) is 0. The van der Waals surface area contributed by atoms with Crippen molar-refractivity contribution < 1.29 is 0 Å². The van der Waals surface area contributed by atoms with E-state index in [-0.39, 0.29) is 55.4 Å². The highest BCUT2D eigenvalue weighted by atomic mass is 15.2. The molecule has 3 heterocycles. The summed E-state index contributed by atoms with van der Waals surface area (Å²) in [7, 11) is 0. The van der Waals surface area contributed by atoms with Gasteiger partial charge in [0.1, 0.15) is 0 Å². The van der Waals surface area contributed by atoms with E-state index in [0.717, 1.165) is 62.1 Å². The lowest BCUT2D eigenvalue weighted by molar-refractivity contribution is 0.569. The van der Waals surface area contributed by atoms with Crippen molar-refractivity contribution in [1.82, 2.24) is 4.57 Å². The van der Waals surface area contributed by atoms with E-state index >= 15 is 0 Å². The van der Waals surface area contributed by atoms with Crippen LogP contribution in [0.4, 0.5) is 34.1 Å². The molecule has 2 aliphatic rings. The van der Waals surface area contributed by atoms with Crippen molar-refractivity contribution in [1.29, 1.82) is 0 Å². The number of rotatable bonds is 9. The van der Waals surface area contributed by atoms with Gasteiger partial charge in [0.2, 0.25) is 0 Å². The number of para-hydroxylation sites is 1. The van der Waals surface area contributed by atoms with E-state index in [1.807, 2.05) is 0 Å². The highest BCUT2D eigenvalue weighted by Crippen LogP contribution is 2.57. The summed E-state index contributed by atoms with van der Waals surface area (Å²) in [6.07, 6.45) is 0. The quantitative estimate of drug-likeness (QED) is 0.133. The molecule has 0 spiro atoms. The van der Waals surface area contributed by atoms with Gasteiger partial charge in [-0.1, -0.05) is 387 Å². The highest BCUT2D eigenvalue weighted by Gasteiger charge is 2.47. The van der Waals surface area contributed by atoms with Gasteiger partial charge in [-0.05, 0) is 220 Å². The third-order valence-corrected chi connectivity index (χ3v) is 25.5. The lowest BCUT2D eigenvalue weighted by Crippen LogP contribution is -2.61. The number of hydrogen-bond donors (Lipinski definition) is 0. The molecule has 598 valence electrons. The summed E-state index contributed by atoms with van der Waals surface area (Å²) in [5, 5.41) is 2.49. The molecular weight excluding hydrogens is 1420 g/mol. The normalized spacial score (nSPS) is 13.7. The molecule has 0 saturated heterocycles. The first-order chi connectivity index (χ1) is 55.2. The van der Waals surface area contributed by atoms with E-state index in [1.165, 1.54) is 133 Å². The second-order valence-corrected chi connectivity index (χ2v) is 43.6. The zero-order valence-electron chi connectivity index (χ0n) is 75.7. The predicted molar refractivity (Wildman–Crippen MR) is 516 cm³/mol. The average molecular weight is 1550 g/mol. The van der Waals surface area contributed by atoms with Gasteiger partial charge in [0, 0.05) is 55.8 Å². The van der Waals surface area contributed by atoms with Gasteiger partial charge in [-0.15, -0.1) is 0 Å². The van der Waals surface area contributed by atoms with Crippen LogP contribution in [0.5, 0.6) is 0 Å². The molecule has 4 heteroatoms. The van der Waals surface area contributed by atoms with Crippen LogP contribution in [0.3, 0.4) is 0 Å². The first kappa shape index (κ1) is 81.1. The van der Waals surface area contributed by atoms with Crippen molar-refractivity contribution in [3.05, 3.63) is 311 Å². The van der Waals surface area contributed by atoms with Gasteiger partial charge in [-0.3, -0.25) is 0 Å². The second-order valence-electron chi connectivity index (χ2n) is 43.6. The molecular formula is C114H124BN3. The van der Waals surface area contributed by atoms with Gasteiger partial charge >= 0.3 is 0 Å². The van der Waals surface area contributed by atoms with Crippen LogP contribution >= 0.6 is 0 Å². The van der Waals surface area contributed by atoms with Gasteiger partial charge in [0.05, 0.1) is 28.1 Å². The Labute approximate surface area is 707 Å². The van der Waals surface area contributed by atoms with Crippen molar-refractivity contribution in [2.45, 2.75) is 236 Å². The summed E-state index contributed by atoms with van der Waals surface area (Å²) in [4.78, 5) is 5.60. The maximum absolute atomic E-state index is 2.82. The summed E-state index contributed by atoms with van der Waals surface area (Å²) in [6.45, 7) is 63.8. The monoisotopic (exact) mass is 1550 g/mol. The largest absolute Gasteiger partial charge is 0.310 e. The maximum Gasteiger partial charge on any atom is 0.252 e. The Balaban J connectivity index is 1.18. The van der Waals surface area contributed by atoms with Crippen molar-refractivity contribution in [2.75, 3.05) is 9.80 Å². The molecule has 13 aromatic carbocycles. The summed E-state index contributed by atoms with van der Waals surface area (Å²) in [6, 6.07) is 104. The second kappa shape index (κ2) is 28.5. The van der Waals surface area contributed by atoms with Crippen LogP contribution in [0.15, 0.2) is 261 Å². The third kappa shape index (κ3) is 14.7. The van der Waals surface area contributed by atoms with E-state index in [1.54, 1.807) is 0 Å². The topological polar surface area (TPSA) is 11.4 Å². The molecule has 0 N–H and O–H groups in total. The van der Waals surface area contributed by atoms with Crippen LogP contribution in [0.2, 0.25) is 0 Å². The third-order valence-electron chi connectivity index (χ3n) is 25.5. The Morgan fingerprint density at radius 3 is 1.01 bits per heavy atom. The fourth-order valence-electron chi connectivity index (χ4n) is 18.5. The van der Waals surface area contributed by atoms with Crippen LogP contribution in [0.1, 0.15) is 237 Å². The molecule has 14 aromatic rings. The lowest BCUT2D eigenvalue weighted by atomic mass is 9.33. The van der Waals surface area contributed by atoms with Gasteiger partial charge in [0.25, 0.3) is 6.71 Å². The molecule has 0 atom stereocenters. The van der Waals surface area contributed by atoms with Crippen LogP contribution < -0.4 is 26.2 Å². The zero-order valence-corrected chi connectivity index (χ0v) is 75.7. The van der Waals surface area contributed by atoms with E-state index in [4.69, 9.17) is 0 Å². The number of benzene rings is 13. The Hall–Kier alpha value is -10.7. The van der Waals surface area contributed by atoms with E-state index in [9.17, 15) is 0 Å². The minimum atomic E-state index is -0.281. The van der Waals surface area contributed by atoms with E-state index < -0.39 is 0 Å². The Morgan fingerprint density at radius 1 is 0.220 bits per heavy atom. The minimum absolute atomic E-state index is 0.0764. The molecule has 118 heavy (non-hydrogen) atoms. The molecule has 0 unspecified atom stereocenters. The van der Waals surface area contributed by atoms with E-state index in [2.05, 4.69) is 462 Å². The van der Waals surface area contributed by atoms with Crippen LogP contribution in [-0.2, 0) is 48.7 Å². The number of nitrogens with zero attached hydrogens (tertiary/aromatic N) is 3. The SMILES string of the molecule is CC(C)(C)c1ccc(-c2cccc(-c3c(C(C)(C)C)cccc3C(C)(C)C)c2N2c3cc(-c4cc(C(C)(C)C)cc(C(C)(C)C)c4)ccc3B3c4ccc(-c5cccc(C(C)(C)C)c5)cc4N(c4c(-c5ccccc5)cc(C(C)(C)C)cc4-c4ccccc4)c4cc(-n5c6ccc(C(C)(C)C)cc6c6cc(C(C)(C)C)ccc65)cc2c43)cc1. The molecule has 16 rings (SSSR count). The van der Waals surface area contributed by atoms with Gasteiger partial charge in [0.15, 0.2) is 0 Å². The summed E-state index contributed by atoms with van der Waals surface area (Å²) >= 11 is 0. The smallest absolute Gasteiger partial charge is 0.252 e. The lowest BCUT2D eigenvalue weighted by Gasteiger charge is -2.46. The molecule has 0 bridgehead atoms. The standard InChI is InChI=1S/C114H124BN3/c1-106(2,3)78-51-47-73(48-52-78)86-43-35-44-87(102-92(113(22,23)24)45-36-46-93(102)114(25,26)27)104(86)117-99-63-76(77-60-82(110(13,14)15)64-83(61-77)111(16,17)18)50-56-95(99)115-94-55-49-75(74-41-34-42-79(59-74)107(4,5)6)62-98(94)118(105-88(71-37-30-28-31-38-71)67-84(112(19,20)21)68-89(105)72-39-32-29-33-40-72)101-70-85(69-100(117)103(101)115)116-96-57-53-80(108(7,8)9)65-90(96)91-66-81(109(10,11)12)54-58-97(91)116/h28-70H,1-27H3. The molecule has 0 radical (unpaired) electrons. The summed E-state index contributed by atoms with van der Waals surface area (Å²) in [5.41, 5.74) is 38.5. The molecule has 0 fully saturated rings. The Kier molecular flexibility index (Phi) is 19.6. The van der Waals surface area contributed by atoms with Gasteiger partial charge in [-0.25, -0.2) is 0 Å². The van der Waals surface area contributed by atoms with Crippen molar-refractivity contribution in [2.24, 2.45) is 0 Å². The minimum Gasteiger partial charge on any atom is -0.310 e. The van der Waals surface area contributed by atoms with Crippen molar-refractivity contribution >= 4 is 79.0 Å². The average Bonchev–Trinajstić information content (AvgIpc) is 0.893. The first-order valence-corrected chi connectivity index (χ1v) is 43.3. The maximum atomic E-state index is 2.82. The van der Waals surface area contributed by atoms with Crippen LogP contribution in [-0.4, -0.2) is 11.3 Å². The molecule has 1 aromatic heterocycles. The number of hydrogen-bond acceptors (Lipinski definition) is 2. The van der Waals surface area contributed by atoms with Crippen LogP contribution in [0, 0.1) is 0 Å². The molecule has 0 aliphatic carbocycles. The Bertz CT molecular complexity index is 6070.